The summed E-state index contributed by atoms with van der Waals surface area (Å²) in [5, 5.41) is 0. The smallest absolute Gasteiger partial charge is 0.226 e. The van der Waals surface area contributed by atoms with Crippen LogP contribution in [0, 0.1) is 0 Å². The van der Waals surface area contributed by atoms with E-state index in [4.69, 9.17) is 7.98 Å². The number of likely N-dealkylation sites (N-methyl/N-ethyl adjacent to an activating group) is 1. The van der Waals surface area contributed by atoms with E-state index in [-0.39, 0.29) is 0 Å². The van der Waals surface area contributed by atoms with Crippen LogP contribution in [0.1, 0.15) is 47.5 Å². The Labute approximate surface area is 103 Å². The van der Waals surface area contributed by atoms with Gasteiger partial charge in [0, 0.05) is 5.70 Å². The molecule has 0 N–H and O–H groups in total. The summed E-state index contributed by atoms with van der Waals surface area (Å²) in [7, 11) is 7.56. The maximum Gasteiger partial charge on any atom is 0.226 e. The zero-order valence-electron chi connectivity index (χ0n) is 11.7. The summed E-state index contributed by atoms with van der Waals surface area (Å²) in [6, 6.07) is 0. The zero-order chi connectivity index (χ0) is 13.0. The monoisotopic (exact) mass is 219 g/mol. The molecular formula is C14H26BN. The molecule has 0 amide bonds. The summed E-state index contributed by atoms with van der Waals surface area (Å²) < 4.78 is 0. The minimum Gasteiger partial charge on any atom is -0.427 e. The van der Waals surface area contributed by atoms with Gasteiger partial charge in [0.25, 0.3) is 0 Å². The molecule has 1 rings (SSSR count). The molecule has 90 valence electrons. The average molecular weight is 219 g/mol. The molecule has 0 fully saturated rings. The van der Waals surface area contributed by atoms with E-state index in [1.165, 1.54) is 5.57 Å². The van der Waals surface area contributed by atoms with Crippen LogP contribution in [-0.2, 0) is 0 Å². The van der Waals surface area contributed by atoms with E-state index in [1.54, 1.807) is 4.81 Å². The van der Waals surface area contributed by atoms with Gasteiger partial charge < -0.3 is 4.81 Å². The molecule has 0 aromatic heterocycles. The van der Waals surface area contributed by atoms with Crippen molar-refractivity contribution in [3.8, 4) is 0 Å². The molecule has 1 aliphatic carbocycles. The summed E-state index contributed by atoms with van der Waals surface area (Å²) in [6.07, 6.45) is 10.5. The molecule has 0 saturated heterocycles. The van der Waals surface area contributed by atoms with Gasteiger partial charge >= 0.3 is 0 Å². The van der Waals surface area contributed by atoms with Crippen LogP contribution in [-0.4, -0.2) is 19.8 Å². The van der Waals surface area contributed by atoms with Crippen LogP contribution in [0.15, 0.2) is 35.6 Å². The van der Waals surface area contributed by atoms with Crippen molar-refractivity contribution in [1.82, 2.24) is 4.81 Å². The van der Waals surface area contributed by atoms with Gasteiger partial charge in [0.2, 0.25) is 7.98 Å². The van der Waals surface area contributed by atoms with Gasteiger partial charge in [-0.25, -0.2) is 0 Å². The van der Waals surface area contributed by atoms with Crippen molar-refractivity contribution >= 4 is 7.98 Å². The van der Waals surface area contributed by atoms with Gasteiger partial charge in [0.05, 0.1) is 0 Å². The first-order valence-electron chi connectivity index (χ1n) is 6.30. The zero-order valence-corrected chi connectivity index (χ0v) is 11.7. The molecule has 0 atom stereocenters. The van der Waals surface area contributed by atoms with E-state index >= 15 is 0 Å². The van der Waals surface area contributed by atoms with Crippen LogP contribution >= 0.6 is 0 Å². The first kappa shape index (κ1) is 17.5. The van der Waals surface area contributed by atoms with E-state index < -0.39 is 0 Å². The van der Waals surface area contributed by atoms with Crippen LogP contribution in [0.5, 0.6) is 0 Å². The van der Waals surface area contributed by atoms with Crippen molar-refractivity contribution < 1.29 is 0 Å². The molecule has 0 bridgehead atoms. The number of nitrogens with zero attached hydrogens (tertiary/aromatic N) is 1. The van der Waals surface area contributed by atoms with Crippen molar-refractivity contribution in [1.29, 1.82) is 0 Å². The molecule has 0 unspecified atom stereocenters. The largest absolute Gasteiger partial charge is 0.427 e. The second-order valence-electron chi connectivity index (χ2n) is 2.92. The Morgan fingerprint density at radius 2 is 1.62 bits per heavy atom. The molecular weight excluding hydrogens is 193 g/mol. The Balaban J connectivity index is 0. The Kier molecular flexibility index (Phi) is 13.3. The molecule has 1 aliphatic rings. The highest BCUT2D eigenvalue weighted by Gasteiger charge is 2.02. The van der Waals surface area contributed by atoms with Crippen LogP contribution in [0.3, 0.4) is 0 Å². The highest BCUT2D eigenvalue weighted by molar-refractivity contribution is 6.05. The van der Waals surface area contributed by atoms with E-state index in [0.29, 0.717) is 0 Å². The van der Waals surface area contributed by atoms with Crippen LogP contribution < -0.4 is 0 Å². The Morgan fingerprint density at radius 3 is 2.06 bits per heavy atom. The average Bonchev–Trinajstić information content (AvgIpc) is 2.59. The lowest BCUT2D eigenvalue weighted by Gasteiger charge is -2.17. The highest BCUT2D eigenvalue weighted by atomic mass is 15.0. The van der Waals surface area contributed by atoms with Crippen molar-refractivity contribution in [3.63, 3.8) is 0 Å². The fourth-order valence-corrected chi connectivity index (χ4v) is 1.30. The molecule has 0 saturated carbocycles. The maximum atomic E-state index is 5.69. The lowest BCUT2D eigenvalue weighted by atomic mass is 10.1. The van der Waals surface area contributed by atoms with E-state index in [0.717, 1.165) is 18.5 Å². The number of hydrogen-bond donors (Lipinski definition) is 0. The second-order valence-corrected chi connectivity index (χ2v) is 2.92. The molecule has 0 aliphatic heterocycles. The predicted octanol–water partition coefficient (Wildman–Crippen LogP) is 4.23. The van der Waals surface area contributed by atoms with Crippen LogP contribution in [0.4, 0.5) is 0 Å². The van der Waals surface area contributed by atoms with Gasteiger partial charge in [-0.2, -0.15) is 0 Å². The standard InChI is InChI=1S/C10H14BN.2C2H6/c1-3-9-7-5-4-6-8-10(9)12(2)11;2*1-2/h5-8H,3-4H2,1-2H3;2*1-2H3. The van der Waals surface area contributed by atoms with Gasteiger partial charge in [-0.1, -0.05) is 52.8 Å². The van der Waals surface area contributed by atoms with Crippen molar-refractivity contribution in [3.05, 3.63) is 35.6 Å². The molecule has 0 heterocycles. The normalized spacial score (nSPS) is 13.1. The van der Waals surface area contributed by atoms with Gasteiger partial charge in [-0.3, -0.25) is 0 Å². The van der Waals surface area contributed by atoms with Crippen LogP contribution in [0.2, 0.25) is 0 Å². The fraction of sp³-hybridized carbons (Fsp3) is 0.571. The first-order chi connectivity index (χ1) is 7.75. The third-order valence-electron chi connectivity index (χ3n) is 1.96. The Bertz CT molecular complexity index is 237. The molecule has 16 heavy (non-hydrogen) atoms. The summed E-state index contributed by atoms with van der Waals surface area (Å²) in [5.74, 6) is 0. The molecule has 0 aromatic rings. The number of hydrogen-bond acceptors (Lipinski definition) is 1. The second kappa shape index (κ2) is 12.2. The Morgan fingerprint density at radius 1 is 1.12 bits per heavy atom. The number of allylic oxidation sites excluding steroid dienone is 5. The van der Waals surface area contributed by atoms with E-state index in [9.17, 15) is 0 Å². The third-order valence-corrected chi connectivity index (χ3v) is 1.96. The quantitative estimate of drug-likeness (QED) is 0.628. The fourth-order valence-electron chi connectivity index (χ4n) is 1.30. The highest BCUT2D eigenvalue weighted by Crippen LogP contribution is 2.16. The predicted molar refractivity (Wildman–Crippen MR) is 76.4 cm³/mol. The van der Waals surface area contributed by atoms with Gasteiger partial charge in [0.15, 0.2) is 0 Å². The lowest BCUT2D eigenvalue weighted by molar-refractivity contribution is 0.690. The van der Waals surface area contributed by atoms with Crippen molar-refractivity contribution in [2.75, 3.05) is 7.05 Å². The van der Waals surface area contributed by atoms with Gasteiger partial charge in [-0.15, -0.1) is 0 Å². The SMILES string of the molecule is CC.CC.[B]N(C)C1=C(CC)C=CCC=C1. The van der Waals surface area contributed by atoms with Crippen molar-refractivity contribution in [2.24, 2.45) is 0 Å². The summed E-state index contributed by atoms with van der Waals surface area (Å²) >= 11 is 0. The summed E-state index contributed by atoms with van der Waals surface area (Å²) in [5.41, 5.74) is 2.42. The minimum absolute atomic E-state index is 1.00. The lowest BCUT2D eigenvalue weighted by Crippen LogP contribution is -2.13. The van der Waals surface area contributed by atoms with E-state index in [1.807, 2.05) is 34.7 Å². The summed E-state index contributed by atoms with van der Waals surface area (Å²) in [6.45, 7) is 10.1. The Hall–Kier alpha value is -0.915. The first-order valence-corrected chi connectivity index (χ1v) is 6.30. The maximum absolute atomic E-state index is 5.69. The van der Waals surface area contributed by atoms with Gasteiger partial charge in [0.1, 0.15) is 0 Å². The molecule has 0 aromatic carbocycles. The molecule has 2 radical (unpaired) electrons. The molecule has 0 spiro atoms. The van der Waals surface area contributed by atoms with Crippen LogP contribution in [0.25, 0.3) is 0 Å². The summed E-state index contributed by atoms with van der Waals surface area (Å²) in [4.78, 5) is 1.67. The molecule has 1 nitrogen and oxygen atoms in total. The number of rotatable bonds is 2. The third kappa shape index (κ3) is 6.55. The molecule has 2 heteroatoms. The van der Waals surface area contributed by atoms with Crippen molar-refractivity contribution in [2.45, 2.75) is 47.5 Å². The topological polar surface area (TPSA) is 3.24 Å². The minimum atomic E-state index is 1.00. The van der Waals surface area contributed by atoms with E-state index in [2.05, 4.69) is 31.2 Å². The van der Waals surface area contributed by atoms with Gasteiger partial charge in [-0.05, 0) is 31.5 Å².